The van der Waals surface area contributed by atoms with Crippen molar-refractivity contribution >= 4 is 5.91 Å². The molecule has 1 amide bonds. The highest BCUT2D eigenvalue weighted by atomic mass is 16.5. The quantitative estimate of drug-likeness (QED) is 0.629. The van der Waals surface area contributed by atoms with Crippen LogP contribution in [0.5, 0.6) is 0 Å². The molecule has 14 heavy (non-hydrogen) atoms. The van der Waals surface area contributed by atoms with Crippen molar-refractivity contribution in [2.24, 2.45) is 5.73 Å². The van der Waals surface area contributed by atoms with Gasteiger partial charge in [-0.25, -0.2) is 0 Å². The third-order valence-electron chi connectivity index (χ3n) is 2.16. The van der Waals surface area contributed by atoms with E-state index in [1.165, 1.54) is 0 Å². The summed E-state index contributed by atoms with van der Waals surface area (Å²) < 4.78 is 10.8. The van der Waals surface area contributed by atoms with Gasteiger partial charge >= 0.3 is 0 Å². The summed E-state index contributed by atoms with van der Waals surface area (Å²) >= 11 is 0. The van der Waals surface area contributed by atoms with Crippen LogP contribution in [0.25, 0.3) is 0 Å². The first-order valence-electron chi connectivity index (χ1n) is 4.86. The van der Waals surface area contributed by atoms with Crippen LogP contribution in [-0.4, -0.2) is 43.9 Å². The summed E-state index contributed by atoms with van der Waals surface area (Å²) in [4.78, 5) is 10.7. The minimum absolute atomic E-state index is 0.0144. The predicted octanol–water partition coefficient (Wildman–Crippen LogP) is -0.746. The van der Waals surface area contributed by atoms with Gasteiger partial charge in [0.05, 0.1) is 18.8 Å². The van der Waals surface area contributed by atoms with E-state index in [2.05, 4.69) is 5.32 Å². The second kappa shape index (κ2) is 5.29. The Labute approximate surface area is 83.9 Å². The lowest BCUT2D eigenvalue weighted by Gasteiger charge is -2.29. The lowest BCUT2D eigenvalue weighted by Crippen LogP contribution is -2.46. The van der Waals surface area contributed by atoms with Gasteiger partial charge in [0.2, 0.25) is 5.91 Å². The molecule has 1 rings (SSSR count). The van der Waals surface area contributed by atoms with Crippen LogP contribution in [0.15, 0.2) is 0 Å². The molecule has 0 aromatic rings. The molecule has 0 radical (unpaired) electrons. The molecular weight excluding hydrogens is 184 g/mol. The molecule has 0 bridgehead atoms. The van der Waals surface area contributed by atoms with Crippen molar-refractivity contribution in [3.05, 3.63) is 0 Å². The summed E-state index contributed by atoms with van der Waals surface area (Å²) in [5, 5.41) is 3.22. The van der Waals surface area contributed by atoms with Gasteiger partial charge < -0.3 is 20.5 Å². The maximum atomic E-state index is 10.7. The smallest absolute Gasteiger partial charge is 0.246 e. The zero-order chi connectivity index (χ0) is 10.6. The Balaban J connectivity index is 2.20. The number of hydrogen-bond acceptors (Lipinski definition) is 4. The lowest BCUT2D eigenvalue weighted by atomic mass is 10.2. The minimum atomic E-state index is -0.546. The molecule has 1 saturated heterocycles. The minimum Gasteiger partial charge on any atom is -0.370 e. The van der Waals surface area contributed by atoms with E-state index in [9.17, 15) is 4.79 Å². The summed E-state index contributed by atoms with van der Waals surface area (Å²) in [6.45, 7) is 5.66. The average Bonchev–Trinajstić information content (AvgIpc) is 2.14. The van der Waals surface area contributed by atoms with E-state index in [1.807, 2.05) is 6.92 Å². The number of ether oxygens (including phenoxy) is 2. The largest absolute Gasteiger partial charge is 0.370 e. The fourth-order valence-electron chi connectivity index (χ4n) is 1.30. The number of hydrogen-bond donors (Lipinski definition) is 2. The van der Waals surface area contributed by atoms with Crippen LogP contribution >= 0.6 is 0 Å². The SMILES string of the molecule is CC1CNCC(COC(C)C(N)=O)O1. The first-order valence-corrected chi connectivity index (χ1v) is 4.86. The van der Waals surface area contributed by atoms with Crippen molar-refractivity contribution < 1.29 is 14.3 Å². The number of nitrogens with one attached hydrogen (secondary N) is 1. The van der Waals surface area contributed by atoms with Gasteiger partial charge in [0.1, 0.15) is 6.10 Å². The third kappa shape index (κ3) is 3.61. The topological polar surface area (TPSA) is 73.6 Å². The van der Waals surface area contributed by atoms with E-state index in [0.717, 1.165) is 13.1 Å². The predicted molar refractivity (Wildman–Crippen MR) is 51.8 cm³/mol. The maximum Gasteiger partial charge on any atom is 0.246 e. The molecule has 3 atom stereocenters. The Kier molecular flexibility index (Phi) is 4.31. The number of carbonyl (C=O) groups excluding carboxylic acids is 1. The summed E-state index contributed by atoms with van der Waals surface area (Å²) in [7, 11) is 0. The summed E-state index contributed by atoms with van der Waals surface area (Å²) in [5.41, 5.74) is 5.06. The summed E-state index contributed by atoms with van der Waals surface area (Å²) in [6, 6.07) is 0. The van der Waals surface area contributed by atoms with Crippen LogP contribution in [0, 0.1) is 0 Å². The highest BCUT2D eigenvalue weighted by Gasteiger charge is 2.20. The molecule has 3 unspecified atom stereocenters. The first-order chi connectivity index (χ1) is 6.59. The Morgan fingerprint density at radius 3 is 3.00 bits per heavy atom. The Morgan fingerprint density at radius 1 is 1.71 bits per heavy atom. The Bertz CT molecular complexity index is 198. The number of primary amides is 1. The summed E-state index contributed by atoms with van der Waals surface area (Å²) in [6.07, 6.45) is -0.336. The normalized spacial score (nSPS) is 29.9. The van der Waals surface area contributed by atoms with Crippen molar-refractivity contribution in [2.45, 2.75) is 32.2 Å². The van der Waals surface area contributed by atoms with Gasteiger partial charge in [-0.15, -0.1) is 0 Å². The molecule has 5 nitrogen and oxygen atoms in total. The first kappa shape index (κ1) is 11.4. The van der Waals surface area contributed by atoms with Crippen molar-refractivity contribution in [3.8, 4) is 0 Å². The molecule has 1 fully saturated rings. The zero-order valence-electron chi connectivity index (χ0n) is 8.66. The number of nitrogens with two attached hydrogens (primary N) is 1. The highest BCUT2D eigenvalue weighted by molar-refractivity contribution is 5.78. The second-order valence-corrected chi connectivity index (χ2v) is 3.60. The molecule has 1 heterocycles. The molecule has 1 aliphatic rings. The molecule has 0 aliphatic carbocycles. The van der Waals surface area contributed by atoms with Crippen molar-refractivity contribution in [2.75, 3.05) is 19.7 Å². The number of carbonyl (C=O) groups is 1. The Hall–Kier alpha value is -0.650. The fourth-order valence-corrected chi connectivity index (χ4v) is 1.30. The zero-order valence-corrected chi connectivity index (χ0v) is 8.66. The van der Waals surface area contributed by atoms with E-state index in [-0.39, 0.29) is 12.2 Å². The van der Waals surface area contributed by atoms with Crippen molar-refractivity contribution in [1.82, 2.24) is 5.32 Å². The van der Waals surface area contributed by atoms with Gasteiger partial charge in [-0.2, -0.15) is 0 Å². The van der Waals surface area contributed by atoms with Gasteiger partial charge in [0, 0.05) is 13.1 Å². The van der Waals surface area contributed by atoms with Gasteiger partial charge in [0.15, 0.2) is 0 Å². The van der Waals surface area contributed by atoms with Crippen LogP contribution < -0.4 is 11.1 Å². The molecule has 82 valence electrons. The van der Waals surface area contributed by atoms with E-state index in [0.29, 0.717) is 6.61 Å². The van der Waals surface area contributed by atoms with E-state index in [1.54, 1.807) is 6.92 Å². The van der Waals surface area contributed by atoms with Gasteiger partial charge in [-0.1, -0.05) is 0 Å². The highest BCUT2D eigenvalue weighted by Crippen LogP contribution is 2.04. The third-order valence-corrected chi connectivity index (χ3v) is 2.16. The number of morpholine rings is 1. The van der Waals surface area contributed by atoms with Crippen LogP contribution in [0.3, 0.4) is 0 Å². The summed E-state index contributed by atoms with van der Waals surface area (Å²) in [5.74, 6) is -0.443. The van der Waals surface area contributed by atoms with Gasteiger partial charge in [-0.05, 0) is 13.8 Å². The molecule has 0 aromatic carbocycles. The average molecular weight is 202 g/mol. The van der Waals surface area contributed by atoms with Crippen LogP contribution in [0.1, 0.15) is 13.8 Å². The molecule has 0 saturated carbocycles. The van der Waals surface area contributed by atoms with Gasteiger partial charge in [-0.3, -0.25) is 4.79 Å². The van der Waals surface area contributed by atoms with E-state index < -0.39 is 12.0 Å². The molecule has 1 aliphatic heterocycles. The lowest BCUT2D eigenvalue weighted by molar-refractivity contribution is -0.133. The molecular formula is C9H18N2O3. The van der Waals surface area contributed by atoms with Crippen LogP contribution in [0.2, 0.25) is 0 Å². The molecule has 3 N–H and O–H groups in total. The maximum absolute atomic E-state index is 10.7. The molecule has 5 heteroatoms. The van der Waals surface area contributed by atoms with Gasteiger partial charge in [0.25, 0.3) is 0 Å². The number of amides is 1. The van der Waals surface area contributed by atoms with E-state index >= 15 is 0 Å². The monoisotopic (exact) mass is 202 g/mol. The van der Waals surface area contributed by atoms with Crippen LogP contribution in [0.4, 0.5) is 0 Å². The second-order valence-electron chi connectivity index (χ2n) is 3.60. The van der Waals surface area contributed by atoms with Crippen molar-refractivity contribution in [1.29, 1.82) is 0 Å². The fraction of sp³-hybridized carbons (Fsp3) is 0.889. The van der Waals surface area contributed by atoms with Crippen molar-refractivity contribution in [3.63, 3.8) is 0 Å². The standard InChI is InChI=1S/C9H18N2O3/c1-6-3-11-4-8(14-6)5-13-7(2)9(10)12/h6-8,11H,3-5H2,1-2H3,(H2,10,12). The molecule has 0 spiro atoms. The number of rotatable bonds is 4. The van der Waals surface area contributed by atoms with E-state index in [4.69, 9.17) is 15.2 Å². The molecule has 0 aromatic heterocycles. The van der Waals surface area contributed by atoms with Crippen LogP contribution in [-0.2, 0) is 14.3 Å². The Morgan fingerprint density at radius 2 is 2.43 bits per heavy atom.